The molecule has 1 aliphatic heterocycles. The van der Waals surface area contributed by atoms with Gasteiger partial charge in [0.05, 0.1) is 36.6 Å². The zero-order valence-electron chi connectivity index (χ0n) is 23.7. The number of aromatic nitrogens is 2. The number of anilines is 4. The van der Waals surface area contributed by atoms with Crippen molar-refractivity contribution in [2.45, 2.75) is 11.3 Å². The highest BCUT2D eigenvalue weighted by molar-refractivity contribution is 7.92. The van der Waals surface area contributed by atoms with Crippen LogP contribution >= 0.6 is 0 Å². The lowest BCUT2D eigenvalue weighted by molar-refractivity contribution is -0.115. The lowest BCUT2D eigenvalue weighted by Gasteiger charge is -2.15. The van der Waals surface area contributed by atoms with Crippen LogP contribution in [0, 0.1) is 0 Å². The SMILES string of the molecule is COc1cc(Nc2nc3ccccc3nc2NS(=O)(=O)c2cccc(NC(=O)Cc3ccc4c(c3)OCO4)c2)cc(OC)c1. The first-order chi connectivity index (χ1) is 21.3. The predicted molar refractivity (Wildman–Crippen MR) is 165 cm³/mol. The van der Waals surface area contributed by atoms with Crippen molar-refractivity contribution in [3.8, 4) is 23.0 Å². The van der Waals surface area contributed by atoms with Gasteiger partial charge in [-0.15, -0.1) is 0 Å². The number of carbonyl (C=O) groups excluding carboxylic acids is 1. The van der Waals surface area contributed by atoms with Crippen LogP contribution < -0.4 is 34.3 Å². The van der Waals surface area contributed by atoms with Crippen LogP contribution in [-0.4, -0.2) is 45.3 Å². The maximum Gasteiger partial charge on any atom is 0.263 e. The summed E-state index contributed by atoms with van der Waals surface area (Å²) in [4.78, 5) is 21.9. The normalized spacial score (nSPS) is 12.0. The van der Waals surface area contributed by atoms with E-state index in [0.717, 1.165) is 5.56 Å². The fourth-order valence-corrected chi connectivity index (χ4v) is 5.60. The second kappa shape index (κ2) is 12.0. The molecule has 1 aliphatic rings. The number of ether oxygens (including phenoxy) is 4. The van der Waals surface area contributed by atoms with E-state index in [1.165, 1.54) is 26.4 Å². The molecular formula is C31H27N5O7S. The van der Waals surface area contributed by atoms with Crippen molar-refractivity contribution in [3.05, 3.63) is 90.5 Å². The van der Waals surface area contributed by atoms with Gasteiger partial charge in [-0.05, 0) is 48.0 Å². The van der Waals surface area contributed by atoms with E-state index in [-0.39, 0.29) is 35.7 Å². The Bertz CT molecular complexity index is 1960. The van der Waals surface area contributed by atoms with Crippen molar-refractivity contribution in [1.82, 2.24) is 9.97 Å². The molecule has 44 heavy (non-hydrogen) atoms. The molecular weight excluding hydrogens is 586 g/mol. The summed E-state index contributed by atoms with van der Waals surface area (Å²) in [7, 11) is -1.11. The highest BCUT2D eigenvalue weighted by Crippen LogP contribution is 2.33. The van der Waals surface area contributed by atoms with Crippen molar-refractivity contribution in [1.29, 1.82) is 0 Å². The second-order valence-corrected chi connectivity index (χ2v) is 11.4. The standard InChI is InChI=1S/C31H27N5O7S/c1-40-22-14-21(15-23(17-22)41-2)33-30-31(35-26-9-4-3-8-25(26)34-30)36-44(38,39)24-7-5-6-20(16-24)32-29(37)13-19-10-11-27-28(12-19)43-18-42-27/h3-12,14-17H,13,18H2,1-2H3,(H,32,37)(H,33,34)(H,35,36). The summed E-state index contributed by atoms with van der Waals surface area (Å²) >= 11 is 0. The molecule has 3 N–H and O–H groups in total. The summed E-state index contributed by atoms with van der Waals surface area (Å²) in [6.07, 6.45) is 0.0582. The van der Waals surface area contributed by atoms with Crippen LogP contribution in [0.25, 0.3) is 11.0 Å². The Balaban J connectivity index is 1.25. The molecule has 0 saturated heterocycles. The summed E-state index contributed by atoms with van der Waals surface area (Å²) in [5.74, 6) is 2.06. The number of para-hydroxylation sites is 2. The maximum absolute atomic E-state index is 13.6. The van der Waals surface area contributed by atoms with Gasteiger partial charge < -0.3 is 29.6 Å². The van der Waals surface area contributed by atoms with Gasteiger partial charge in [-0.3, -0.25) is 9.52 Å². The summed E-state index contributed by atoms with van der Waals surface area (Å²) in [5.41, 5.74) is 2.62. The quantitative estimate of drug-likeness (QED) is 0.194. The molecule has 0 saturated carbocycles. The molecule has 0 spiro atoms. The van der Waals surface area contributed by atoms with Crippen molar-refractivity contribution < 1.29 is 32.2 Å². The van der Waals surface area contributed by atoms with E-state index in [1.54, 1.807) is 66.7 Å². The molecule has 2 heterocycles. The molecule has 4 aromatic carbocycles. The van der Waals surface area contributed by atoms with Crippen molar-refractivity contribution in [2.75, 3.05) is 36.4 Å². The van der Waals surface area contributed by atoms with Gasteiger partial charge in [0.15, 0.2) is 23.1 Å². The first-order valence-corrected chi connectivity index (χ1v) is 14.9. The van der Waals surface area contributed by atoms with Gasteiger partial charge in [-0.2, -0.15) is 0 Å². The minimum absolute atomic E-state index is 0.0252. The number of rotatable bonds is 10. The third kappa shape index (κ3) is 6.27. The molecule has 0 fully saturated rings. The topological polar surface area (TPSA) is 150 Å². The molecule has 0 unspecified atom stereocenters. The van der Waals surface area contributed by atoms with Gasteiger partial charge >= 0.3 is 0 Å². The van der Waals surface area contributed by atoms with Crippen LogP contribution in [0.3, 0.4) is 0 Å². The van der Waals surface area contributed by atoms with E-state index < -0.39 is 10.0 Å². The molecule has 13 heteroatoms. The number of amides is 1. The van der Waals surface area contributed by atoms with Crippen molar-refractivity contribution in [2.24, 2.45) is 0 Å². The second-order valence-electron chi connectivity index (χ2n) is 9.68. The highest BCUT2D eigenvalue weighted by Gasteiger charge is 2.21. The van der Waals surface area contributed by atoms with Gasteiger partial charge in [0.2, 0.25) is 12.7 Å². The van der Waals surface area contributed by atoms with E-state index in [2.05, 4.69) is 25.3 Å². The van der Waals surface area contributed by atoms with Gasteiger partial charge in [0.25, 0.3) is 10.0 Å². The fourth-order valence-electron chi connectivity index (χ4n) is 4.54. The molecule has 1 amide bonds. The zero-order chi connectivity index (χ0) is 30.7. The largest absolute Gasteiger partial charge is 0.497 e. The van der Waals surface area contributed by atoms with Crippen molar-refractivity contribution >= 4 is 50.0 Å². The third-order valence-electron chi connectivity index (χ3n) is 6.65. The Labute approximate surface area is 253 Å². The lowest BCUT2D eigenvalue weighted by atomic mass is 10.1. The zero-order valence-corrected chi connectivity index (χ0v) is 24.5. The number of hydrogen-bond donors (Lipinski definition) is 3. The maximum atomic E-state index is 13.6. The van der Waals surface area contributed by atoms with Crippen molar-refractivity contribution in [3.63, 3.8) is 0 Å². The minimum Gasteiger partial charge on any atom is -0.497 e. The number of sulfonamides is 1. The van der Waals surface area contributed by atoms with Crippen LogP contribution in [-0.2, 0) is 21.2 Å². The Morgan fingerprint density at radius 1 is 0.795 bits per heavy atom. The molecule has 6 rings (SSSR count). The van der Waals surface area contributed by atoms with Gasteiger partial charge in [0.1, 0.15) is 11.5 Å². The molecule has 1 aromatic heterocycles. The Hall–Kier alpha value is -5.56. The van der Waals surface area contributed by atoms with E-state index in [4.69, 9.17) is 18.9 Å². The smallest absolute Gasteiger partial charge is 0.263 e. The minimum atomic E-state index is -4.17. The van der Waals surface area contributed by atoms with E-state index >= 15 is 0 Å². The summed E-state index contributed by atoms with van der Waals surface area (Å²) in [5, 5.41) is 5.89. The number of methoxy groups -OCH3 is 2. The van der Waals surface area contributed by atoms with E-state index in [1.807, 2.05) is 6.07 Å². The third-order valence-corrected chi connectivity index (χ3v) is 7.98. The number of nitrogens with one attached hydrogen (secondary N) is 3. The average molecular weight is 614 g/mol. The predicted octanol–water partition coefficient (Wildman–Crippen LogP) is 5.10. The number of hydrogen-bond acceptors (Lipinski definition) is 10. The number of fused-ring (bicyclic) bond motifs is 2. The first kappa shape index (κ1) is 28.6. The number of benzene rings is 4. The first-order valence-electron chi connectivity index (χ1n) is 13.4. The lowest BCUT2D eigenvalue weighted by Crippen LogP contribution is -2.17. The molecule has 0 bridgehead atoms. The van der Waals surface area contributed by atoms with Crippen LogP contribution in [0.2, 0.25) is 0 Å². The molecule has 0 radical (unpaired) electrons. The average Bonchev–Trinajstić information content (AvgIpc) is 3.49. The fraction of sp³-hybridized carbons (Fsp3) is 0.129. The van der Waals surface area contributed by atoms with Gasteiger partial charge in [-0.1, -0.05) is 24.3 Å². The number of nitrogens with zero attached hydrogens (tertiary/aromatic N) is 2. The molecule has 224 valence electrons. The van der Waals surface area contributed by atoms with Crippen LogP contribution in [0.5, 0.6) is 23.0 Å². The summed E-state index contributed by atoms with van der Waals surface area (Å²) in [6.45, 7) is 0.137. The monoisotopic (exact) mass is 613 g/mol. The Morgan fingerprint density at radius 2 is 1.50 bits per heavy atom. The molecule has 0 atom stereocenters. The van der Waals surface area contributed by atoms with E-state index in [0.29, 0.717) is 45.4 Å². The molecule has 12 nitrogen and oxygen atoms in total. The van der Waals surface area contributed by atoms with Gasteiger partial charge in [-0.25, -0.2) is 18.4 Å². The summed E-state index contributed by atoms with van der Waals surface area (Å²) < 4.78 is 51.1. The van der Waals surface area contributed by atoms with Crippen LogP contribution in [0.1, 0.15) is 5.56 Å². The van der Waals surface area contributed by atoms with Gasteiger partial charge in [0, 0.05) is 29.6 Å². The van der Waals surface area contributed by atoms with Crippen LogP contribution in [0.4, 0.5) is 23.0 Å². The molecule has 5 aromatic rings. The van der Waals surface area contributed by atoms with Crippen LogP contribution in [0.15, 0.2) is 89.8 Å². The number of carbonyl (C=O) groups is 1. The highest BCUT2D eigenvalue weighted by atomic mass is 32.2. The van der Waals surface area contributed by atoms with E-state index in [9.17, 15) is 13.2 Å². The Kier molecular flexibility index (Phi) is 7.77. The molecule has 0 aliphatic carbocycles. The Morgan fingerprint density at radius 3 is 2.23 bits per heavy atom. The summed E-state index contributed by atoms with van der Waals surface area (Å²) in [6, 6.07) is 23.4.